The summed E-state index contributed by atoms with van der Waals surface area (Å²) in [7, 11) is 0. The van der Waals surface area contributed by atoms with Crippen LogP contribution in [0.5, 0.6) is 0 Å². The molecular weight excluding hydrogens is 404 g/mol. The highest BCUT2D eigenvalue weighted by atomic mass is 16.6. The Hall–Kier alpha value is -1.22. The van der Waals surface area contributed by atoms with E-state index < -0.39 is 24.4 Å². The van der Waals surface area contributed by atoms with Crippen molar-refractivity contribution in [3.8, 4) is 0 Å². The Kier molecular flexibility index (Phi) is 14.7. The number of esters is 2. The topological polar surface area (TPSA) is 134 Å². The van der Waals surface area contributed by atoms with E-state index in [-0.39, 0.29) is 31.1 Å². The highest BCUT2D eigenvalue weighted by molar-refractivity contribution is 5.72. The SMILES string of the molecule is CCCCCC(O)C(O)CC(O)C(O)CCCCCCCC(=O)OC[C@H]1CCC(=O)O1. The first-order valence-electron chi connectivity index (χ1n) is 11.9. The van der Waals surface area contributed by atoms with Crippen LogP contribution < -0.4 is 0 Å². The zero-order valence-electron chi connectivity index (χ0n) is 18.9. The van der Waals surface area contributed by atoms with Crippen molar-refractivity contribution < 1.29 is 39.5 Å². The van der Waals surface area contributed by atoms with Gasteiger partial charge in [-0.3, -0.25) is 9.59 Å². The Bertz CT molecular complexity index is 498. The second kappa shape index (κ2) is 16.4. The van der Waals surface area contributed by atoms with Crippen LogP contribution in [0.3, 0.4) is 0 Å². The predicted molar refractivity (Wildman–Crippen MR) is 115 cm³/mol. The Balaban J connectivity index is 1.99. The number of rotatable bonds is 18. The fraction of sp³-hybridized carbons (Fsp3) is 0.913. The molecule has 1 fully saturated rings. The number of hydrogen-bond donors (Lipinski definition) is 4. The minimum Gasteiger partial charge on any atom is -0.462 e. The van der Waals surface area contributed by atoms with E-state index in [1.807, 2.05) is 0 Å². The standard InChI is InChI=1S/C23H42O8/c1-2-3-7-10-18(24)20(26)15-21(27)19(25)11-8-5-4-6-9-12-22(28)30-16-17-13-14-23(29)31-17/h17-21,24-27H,2-16H2,1H3/t17-,18?,19?,20?,21?/m1/s1. The Labute approximate surface area is 185 Å². The molecule has 4 N–H and O–H groups in total. The lowest BCUT2D eigenvalue weighted by Crippen LogP contribution is -2.35. The fourth-order valence-electron chi connectivity index (χ4n) is 3.66. The summed E-state index contributed by atoms with van der Waals surface area (Å²) >= 11 is 0. The number of ether oxygens (including phenoxy) is 2. The van der Waals surface area contributed by atoms with Gasteiger partial charge in [-0.1, -0.05) is 51.9 Å². The smallest absolute Gasteiger partial charge is 0.306 e. The number of unbranched alkanes of at least 4 members (excludes halogenated alkanes) is 6. The number of cyclic esters (lactones) is 1. The molecule has 1 heterocycles. The van der Waals surface area contributed by atoms with E-state index in [4.69, 9.17) is 9.47 Å². The molecule has 0 aliphatic carbocycles. The van der Waals surface area contributed by atoms with Gasteiger partial charge in [0.15, 0.2) is 0 Å². The van der Waals surface area contributed by atoms with Gasteiger partial charge in [0.05, 0.1) is 24.4 Å². The van der Waals surface area contributed by atoms with Gasteiger partial charge in [-0.2, -0.15) is 0 Å². The molecule has 0 aromatic carbocycles. The predicted octanol–water partition coefficient (Wildman–Crippen LogP) is 2.38. The minimum absolute atomic E-state index is 0.0311. The van der Waals surface area contributed by atoms with Crippen LogP contribution in [0.4, 0.5) is 0 Å². The summed E-state index contributed by atoms with van der Waals surface area (Å²) < 4.78 is 10.1. The fourth-order valence-corrected chi connectivity index (χ4v) is 3.66. The van der Waals surface area contributed by atoms with E-state index in [0.29, 0.717) is 32.1 Å². The third-order valence-electron chi connectivity index (χ3n) is 5.75. The summed E-state index contributed by atoms with van der Waals surface area (Å²) in [5.74, 6) is -0.521. The molecule has 0 spiro atoms. The van der Waals surface area contributed by atoms with Crippen molar-refractivity contribution in [1.29, 1.82) is 0 Å². The monoisotopic (exact) mass is 446 g/mol. The zero-order chi connectivity index (χ0) is 23.1. The number of aliphatic hydroxyl groups is 4. The van der Waals surface area contributed by atoms with E-state index in [2.05, 4.69) is 6.92 Å². The molecule has 8 nitrogen and oxygen atoms in total. The number of carbonyl (C=O) groups excluding carboxylic acids is 2. The van der Waals surface area contributed by atoms with E-state index in [1.54, 1.807) is 0 Å². The maximum atomic E-state index is 11.7. The van der Waals surface area contributed by atoms with Crippen LogP contribution in [0.1, 0.15) is 96.8 Å². The Morgan fingerprint density at radius 3 is 2.10 bits per heavy atom. The van der Waals surface area contributed by atoms with Crippen LogP contribution in [0, 0.1) is 0 Å². The van der Waals surface area contributed by atoms with Gasteiger partial charge in [-0.05, 0) is 25.7 Å². The Morgan fingerprint density at radius 1 is 0.935 bits per heavy atom. The number of hydrogen-bond acceptors (Lipinski definition) is 8. The van der Waals surface area contributed by atoms with Crippen molar-refractivity contribution in [1.82, 2.24) is 0 Å². The van der Waals surface area contributed by atoms with Crippen molar-refractivity contribution in [2.75, 3.05) is 6.61 Å². The molecule has 1 saturated heterocycles. The molecular formula is C23H42O8. The quantitative estimate of drug-likeness (QED) is 0.186. The van der Waals surface area contributed by atoms with Gasteiger partial charge >= 0.3 is 11.9 Å². The molecule has 0 radical (unpaired) electrons. The maximum absolute atomic E-state index is 11.7. The maximum Gasteiger partial charge on any atom is 0.306 e. The normalized spacial score (nSPS) is 20.2. The molecule has 182 valence electrons. The molecule has 0 amide bonds. The Morgan fingerprint density at radius 2 is 1.52 bits per heavy atom. The first-order valence-corrected chi connectivity index (χ1v) is 11.9. The van der Waals surface area contributed by atoms with E-state index >= 15 is 0 Å². The largest absolute Gasteiger partial charge is 0.462 e. The lowest BCUT2D eigenvalue weighted by Gasteiger charge is -2.23. The molecule has 4 unspecified atom stereocenters. The minimum atomic E-state index is -1.05. The summed E-state index contributed by atoms with van der Waals surface area (Å²) in [5, 5.41) is 40.0. The van der Waals surface area contributed by atoms with Crippen LogP contribution >= 0.6 is 0 Å². The summed E-state index contributed by atoms with van der Waals surface area (Å²) in [5.41, 5.74) is 0. The molecule has 31 heavy (non-hydrogen) atoms. The number of aliphatic hydroxyl groups excluding tert-OH is 4. The second-order valence-corrected chi connectivity index (χ2v) is 8.64. The molecule has 8 heteroatoms. The van der Waals surface area contributed by atoms with Crippen molar-refractivity contribution in [3.63, 3.8) is 0 Å². The lowest BCUT2D eigenvalue weighted by molar-refractivity contribution is -0.152. The third kappa shape index (κ3) is 13.0. The number of carbonyl (C=O) groups is 2. The van der Waals surface area contributed by atoms with Crippen LogP contribution in [-0.2, 0) is 19.1 Å². The van der Waals surface area contributed by atoms with Gasteiger partial charge in [-0.15, -0.1) is 0 Å². The molecule has 1 rings (SSSR count). The van der Waals surface area contributed by atoms with E-state index in [0.717, 1.165) is 51.4 Å². The zero-order valence-corrected chi connectivity index (χ0v) is 18.9. The van der Waals surface area contributed by atoms with Crippen LogP contribution in [0.2, 0.25) is 0 Å². The second-order valence-electron chi connectivity index (χ2n) is 8.64. The van der Waals surface area contributed by atoms with Gasteiger partial charge in [0.25, 0.3) is 0 Å². The van der Waals surface area contributed by atoms with Crippen molar-refractivity contribution >= 4 is 11.9 Å². The molecule has 1 aliphatic heterocycles. The average molecular weight is 447 g/mol. The summed E-state index contributed by atoms with van der Waals surface area (Å²) in [6, 6.07) is 0. The van der Waals surface area contributed by atoms with Crippen molar-refractivity contribution in [2.24, 2.45) is 0 Å². The highest BCUT2D eigenvalue weighted by Crippen LogP contribution is 2.17. The molecule has 0 aromatic rings. The van der Waals surface area contributed by atoms with Crippen molar-refractivity contribution in [3.05, 3.63) is 0 Å². The first-order chi connectivity index (χ1) is 14.8. The summed E-state index contributed by atoms with van der Waals surface area (Å²) in [4.78, 5) is 22.7. The molecule has 1 aliphatic rings. The molecule has 5 atom stereocenters. The van der Waals surface area contributed by atoms with Crippen molar-refractivity contribution in [2.45, 2.75) is 127 Å². The molecule has 0 bridgehead atoms. The summed E-state index contributed by atoms with van der Waals surface area (Å²) in [6.07, 6.45) is 5.03. The van der Waals surface area contributed by atoms with Gasteiger partial charge in [-0.25, -0.2) is 0 Å². The van der Waals surface area contributed by atoms with Crippen LogP contribution in [0.25, 0.3) is 0 Å². The van der Waals surface area contributed by atoms with Gasteiger partial charge < -0.3 is 29.9 Å². The average Bonchev–Trinajstić information content (AvgIpc) is 3.16. The van der Waals surface area contributed by atoms with Gasteiger partial charge in [0.2, 0.25) is 0 Å². The molecule has 0 aromatic heterocycles. The van der Waals surface area contributed by atoms with Crippen LogP contribution in [-0.4, -0.2) is 69.5 Å². The van der Waals surface area contributed by atoms with E-state index in [9.17, 15) is 30.0 Å². The van der Waals surface area contributed by atoms with E-state index in [1.165, 1.54) is 0 Å². The summed E-state index contributed by atoms with van der Waals surface area (Å²) in [6.45, 7) is 2.20. The highest BCUT2D eigenvalue weighted by Gasteiger charge is 2.25. The first kappa shape index (κ1) is 27.8. The van der Waals surface area contributed by atoms with Gasteiger partial charge in [0.1, 0.15) is 12.7 Å². The van der Waals surface area contributed by atoms with Gasteiger partial charge in [0, 0.05) is 19.3 Å². The molecule has 0 saturated carbocycles. The lowest BCUT2D eigenvalue weighted by atomic mass is 9.96. The third-order valence-corrected chi connectivity index (χ3v) is 5.75. The van der Waals surface area contributed by atoms with Crippen LogP contribution in [0.15, 0.2) is 0 Å².